The number of fused-ring (bicyclic) bond motifs is 1. The molecule has 1 atom stereocenters. The van der Waals surface area contributed by atoms with E-state index in [0.29, 0.717) is 62.3 Å². The minimum atomic E-state index is -3.66. The molecule has 10 heteroatoms. The maximum atomic E-state index is 13.1. The summed E-state index contributed by atoms with van der Waals surface area (Å²) in [5.74, 6) is 1.18. The number of hydrogen-bond acceptors (Lipinski definition) is 7. The summed E-state index contributed by atoms with van der Waals surface area (Å²) in [7, 11) is -3.66. The molecule has 4 rings (SSSR count). The van der Waals surface area contributed by atoms with E-state index in [1.807, 2.05) is 25.1 Å². The zero-order chi connectivity index (χ0) is 23.4. The molecule has 8 nitrogen and oxygen atoms in total. The number of amides is 1. The number of anilines is 1. The van der Waals surface area contributed by atoms with Crippen molar-refractivity contribution in [3.05, 3.63) is 42.0 Å². The van der Waals surface area contributed by atoms with Crippen LogP contribution in [0.15, 0.2) is 46.2 Å². The molecular weight excluding hydrogens is 464 g/mol. The molecule has 0 unspecified atom stereocenters. The summed E-state index contributed by atoms with van der Waals surface area (Å²) >= 11 is 1.40. The third kappa shape index (κ3) is 5.63. The number of rotatable bonds is 6. The molecule has 33 heavy (non-hydrogen) atoms. The molecule has 0 bridgehead atoms. The van der Waals surface area contributed by atoms with E-state index in [1.165, 1.54) is 22.1 Å². The van der Waals surface area contributed by atoms with Gasteiger partial charge in [0.05, 0.1) is 36.6 Å². The van der Waals surface area contributed by atoms with Crippen molar-refractivity contribution in [3.8, 4) is 11.5 Å². The predicted molar refractivity (Wildman–Crippen MR) is 127 cm³/mol. The molecule has 1 N–H and O–H groups in total. The number of hydrogen-bond donors (Lipinski definition) is 1. The number of carbonyl (C=O) groups excluding carboxylic acids is 1. The van der Waals surface area contributed by atoms with Crippen LogP contribution in [0.25, 0.3) is 0 Å². The maximum Gasteiger partial charge on any atom is 0.243 e. The summed E-state index contributed by atoms with van der Waals surface area (Å²) < 4.78 is 44.3. The number of nitrogens with one attached hydrogen (secondary N) is 1. The molecule has 1 saturated heterocycles. The minimum absolute atomic E-state index is 0.199. The van der Waals surface area contributed by atoms with Gasteiger partial charge in [-0.1, -0.05) is 6.07 Å². The van der Waals surface area contributed by atoms with E-state index in [-0.39, 0.29) is 10.8 Å². The van der Waals surface area contributed by atoms with Crippen molar-refractivity contribution in [1.82, 2.24) is 4.31 Å². The van der Waals surface area contributed by atoms with Crippen LogP contribution in [0.2, 0.25) is 0 Å². The van der Waals surface area contributed by atoms with Crippen LogP contribution in [0, 0.1) is 6.92 Å². The van der Waals surface area contributed by atoms with E-state index in [0.717, 1.165) is 11.3 Å². The van der Waals surface area contributed by atoms with E-state index < -0.39 is 15.3 Å². The molecule has 2 heterocycles. The Bertz CT molecular complexity index is 1120. The Morgan fingerprint density at radius 2 is 1.76 bits per heavy atom. The first-order chi connectivity index (χ1) is 15.8. The van der Waals surface area contributed by atoms with Gasteiger partial charge in [-0.2, -0.15) is 4.31 Å². The summed E-state index contributed by atoms with van der Waals surface area (Å²) in [5, 5.41) is 2.45. The third-order valence-corrected chi connectivity index (χ3v) is 8.58. The van der Waals surface area contributed by atoms with Crippen LogP contribution >= 0.6 is 11.8 Å². The lowest BCUT2D eigenvalue weighted by molar-refractivity contribution is -0.115. The SMILES string of the molecule is Cc1ccc(NC(=O)[C@H](C)Sc2ccc3c(c2)OCCCO3)cc1S(=O)(=O)N1CCOCC1. The normalized spacial score (nSPS) is 17.8. The molecule has 0 saturated carbocycles. The van der Waals surface area contributed by atoms with Gasteiger partial charge in [-0.15, -0.1) is 11.8 Å². The number of carbonyl (C=O) groups is 1. The first-order valence-corrected chi connectivity index (χ1v) is 13.2. The Morgan fingerprint density at radius 1 is 1.03 bits per heavy atom. The number of benzene rings is 2. The molecule has 2 aromatic rings. The van der Waals surface area contributed by atoms with Crippen LogP contribution in [-0.2, 0) is 19.6 Å². The third-order valence-electron chi connectivity index (χ3n) is 5.44. The topological polar surface area (TPSA) is 94.2 Å². The van der Waals surface area contributed by atoms with E-state index in [9.17, 15) is 13.2 Å². The summed E-state index contributed by atoms with van der Waals surface area (Å²) in [5.41, 5.74) is 1.08. The lowest BCUT2D eigenvalue weighted by atomic mass is 10.2. The predicted octanol–water partition coefficient (Wildman–Crippen LogP) is 3.30. The van der Waals surface area contributed by atoms with Gasteiger partial charge in [0.25, 0.3) is 0 Å². The number of sulfonamides is 1. The van der Waals surface area contributed by atoms with Crippen molar-refractivity contribution in [1.29, 1.82) is 0 Å². The number of thioether (sulfide) groups is 1. The van der Waals surface area contributed by atoms with Gasteiger partial charge in [0.1, 0.15) is 0 Å². The fraction of sp³-hybridized carbons (Fsp3) is 0.435. The molecule has 0 spiro atoms. The monoisotopic (exact) mass is 492 g/mol. The smallest absolute Gasteiger partial charge is 0.243 e. The minimum Gasteiger partial charge on any atom is -0.490 e. The molecular formula is C23H28N2O6S2. The average molecular weight is 493 g/mol. The summed E-state index contributed by atoms with van der Waals surface area (Å²) in [6, 6.07) is 10.6. The van der Waals surface area contributed by atoms with Gasteiger partial charge < -0.3 is 19.5 Å². The number of aryl methyl sites for hydroxylation is 1. The van der Waals surface area contributed by atoms with Crippen LogP contribution in [-0.4, -0.2) is 63.4 Å². The molecule has 1 fully saturated rings. The highest BCUT2D eigenvalue weighted by Crippen LogP contribution is 2.35. The average Bonchev–Trinajstić information content (AvgIpc) is 3.06. The summed E-state index contributed by atoms with van der Waals surface area (Å²) in [4.78, 5) is 13.9. The van der Waals surface area contributed by atoms with Crippen LogP contribution in [0.3, 0.4) is 0 Å². The molecule has 2 aliphatic rings. The lowest BCUT2D eigenvalue weighted by Gasteiger charge is -2.27. The summed E-state index contributed by atoms with van der Waals surface area (Å²) in [6.07, 6.45) is 0.829. The van der Waals surface area contributed by atoms with Crippen LogP contribution in [0.1, 0.15) is 18.9 Å². The van der Waals surface area contributed by atoms with Gasteiger partial charge in [0.15, 0.2) is 11.5 Å². The maximum absolute atomic E-state index is 13.1. The Labute approximate surface area is 198 Å². The van der Waals surface area contributed by atoms with E-state index in [4.69, 9.17) is 14.2 Å². The molecule has 1 amide bonds. The van der Waals surface area contributed by atoms with Crippen molar-refractivity contribution in [2.45, 2.75) is 35.3 Å². The Kier molecular flexibility index (Phi) is 7.48. The molecule has 178 valence electrons. The quantitative estimate of drug-likeness (QED) is 0.619. The molecule has 0 aliphatic carbocycles. The Hall–Kier alpha value is -2.27. The molecule has 2 aromatic carbocycles. The second-order valence-corrected chi connectivity index (χ2v) is 11.2. The standard InChI is InChI=1S/C23H28N2O6S2/c1-16-4-5-18(14-22(16)33(27,28)25-8-12-29-13-9-25)24-23(26)17(2)32-19-6-7-20-21(15-19)31-11-3-10-30-20/h4-7,14-15,17H,3,8-13H2,1-2H3,(H,24,26)/t17-/m0/s1. The zero-order valence-electron chi connectivity index (χ0n) is 18.7. The number of nitrogens with zero attached hydrogens (tertiary/aromatic N) is 1. The Morgan fingerprint density at radius 3 is 2.52 bits per heavy atom. The number of morpholine rings is 1. The highest BCUT2D eigenvalue weighted by Gasteiger charge is 2.28. The van der Waals surface area contributed by atoms with Gasteiger partial charge in [-0.3, -0.25) is 4.79 Å². The van der Waals surface area contributed by atoms with Gasteiger partial charge in [-0.25, -0.2) is 8.42 Å². The second kappa shape index (κ2) is 10.3. The largest absolute Gasteiger partial charge is 0.490 e. The van der Waals surface area contributed by atoms with E-state index in [1.54, 1.807) is 19.1 Å². The molecule has 2 aliphatic heterocycles. The number of ether oxygens (including phenoxy) is 3. The lowest BCUT2D eigenvalue weighted by Crippen LogP contribution is -2.40. The van der Waals surface area contributed by atoms with Gasteiger partial charge in [0.2, 0.25) is 15.9 Å². The fourth-order valence-electron chi connectivity index (χ4n) is 3.60. The van der Waals surface area contributed by atoms with Gasteiger partial charge >= 0.3 is 0 Å². The van der Waals surface area contributed by atoms with Crippen molar-refractivity contribution < 1.29 is 27.4 Å². The van der Waals surface area contributed by atoms with Crippen molar-refractivity contribution in [3.63, 3.8) is 0 Å². The highest BCUT2D eigenvalue weighted by atomic mass is 32.2. The van der Waals surface area contributed by atoms with Crippen LogP contribution in [0.4, 0.5) is 5.69 Å². The Balaban J connectivity index is 1.45. The van der Waals surface area contributed by atoms with Crippen molar-refractivity contribution in [2.24, 2.45) is 0 Å². The summed E-state index contributed by atoms with van der Waals surface area (Å²) in [6.45, 7) is 6.18. The first kappa shape index (κ1) is 23.9. The zero-order valence-corrected chi connectivity index (χ0v) is 20.3. The first-order valence-electron chi connectivity index (χ1n) is 10.9. The van der Waals surface area contributed by atoms with Crippen LogP contribution in [0.5, 0.6) is 11.5 Å². The van der Waals surface area contributed by atoms with Crippen molar-refractivity contribution >= 4 is 33.4 Å². The van der Waals surface area contributed by atoms with Gasteiger partial charge in [-0.05, 0) is 49.7 Å². The molecule has 0 aromatic heterocycles. The fourth-order valence-corrected chi connectivity index (χ4v) is 6.15. The van der Waals surface area contributed by atoms with Crippen molar-refractivity contribution in [2.75, 3.05) is 44.8 Å². The van der Waals surface area contributed by atoms with Gasteiger partial charge in [0, 0.05) is 30.1 Å². The van der Waals surface area contributed by atoms with E-state index in [2.05, 4.69) is 5.32 Å². The molecule has 0 radical (unpaired) electrons. The van der Waals surface area contributed by atoms with Crippen LogP contribution < -0.4 is 14.8 Å². The van der Waals surface area contributed by atoms with E-state index >= 15 is 0 Å². The second-order valence-electron chi connectivity index (χ2n) is 7.91. The highest BCUT2D eigenvalue weighted by molar-refractivity contribution is 8.00.